The minimum absolute atomic E-state index is 0.0459. The number of nitrogens with one attached hydrogen (secondary N) is 1. The van der Waals surface area contributed by atoms with Crippen molar-refractivity contribution >= 4 is 5.71 Å². The van der Waals surface area contributed by atoms with E-state index in [2.05, 4.69) is 20.9 Å². The van der Waals surface area contributed by atoms with Gasteiger partial charge in [0.05, 0.1) is 17.0 Å². The van der Waals surface area contributed by atoms with Gasteiger partial charge in [0.1, 0.15) is 11.8 Å². The number of rotatable bonds is 3. The Bertz CT molecular complexity index is 1010. The van der Waals surface area contributed by atoms with Crippen molar-refractivity contribution in [3.63, 3.8) is 0 Å². The van der Waals surface area contributed by atoms with Crippen molar-refractivity contribution in [2.45, 2.75) is 45.7 Å². The Morgan fingerprint density at radius 2 is 2.19 bits per heavy atom. The highest BCUT2D eigenvalue weighted by molar-refractivity contribution is 5.97. The third kappa shape index (κ3) is 3.33. The van der Waals surface area contributed by atoms with Crippen molar-refractivity contribution in [1.82, 2.24) is 19.4 Å². The van der Waals surface area contributed by atoms with Gasteiger partial charge in [-0.3, -0.25) is 14.7 Å². The fourth-order valence-electron chi connectivity index (χ4n) is 3.91. The van der Waals surface area contributed by atoms with Crippen LogP contribution in [-0.4, -0.2) is 38.2 Å². The summed E-state index contributed by atoms with van der Waals surface area (Å²) in [5.74, 6) is 0.657. The van der Waals surface area contributed by atoms with Crippen LogP contribution in [-0.2, 0) is 26.6 Å². The van der Waals surface area contributed by atoms with E-state index in [0.29, 0.717) is 18.1 Å². The first-order valence-corrected chi connectivity index (χ1v) is 9.50. The molecule has 1 N–H and O–H groups in total. The monoisotopic (exact) mass is 364 g/mol. The van der Waals surface area contributed by atoms with E-state index in [1.165, 1.54) is 0 Å². The maximum absolute atomic E-state index is 12.7. The standard InChI is InChI=1S/C20H24N6O/c1-13-14(9-15(10-21)25(13)2)11-26-8-6-17-16(12-26)20(27)24-19(23-17)18-5-3-4-7-22-18/h9H,3-8,11-12H2,1-2H3,(H,23,24,27). The van der Waals surface area contributed by atoms with E-state index in [9.17, 15) is 10.1 Å². The molecule has 7 nitrogen and oxygen atoms in total. The molecule has 2 aliphatic rings. The van der Waals surface area contributed by atoms with Crippen LogP contribution in [0.25, 0.3) is 0 Å². The molecular weight excluding hydrogens is 340 g/mol. The summed E-state index contributed by atoms with van der Waals surface area (Å²) in [6.07, 6.45) is 3.87. The molecule has 0 saturated carbocycles. The largest absolute Gasteiger partial charge is 0.340 e. The zero-order valence-corrected chi connectivity index (χ0v) is 15.9. The van der Waals surface area contributed by atoms with Gasteiger partial charge < -0.3 is 9.55 Å². The van der Waals surface area contributed by atoms with Gasteiger partial charge in [-0.1, -0.05) is 0 Å². The molecule has 0 spiro atoms. The zero-order valence-electron chi connectivity index (χ0n) is 15.9. The Kier molecular flexibility index (Phi) is 4.66. The maximum atomic E-state index is 12.7. The SMILES string of the molecule is Cc1c(CN2CCc3nc(C4=NCCCC4)[nH]c(=O)c3C2)cc(C#N)n1C. The Morgan fingerprint density at radius 1 is 1.33 bits per heavy atom. The first-order valence-electron chi connectivity index (χ1n) is 9.50. The molecule has 4 rings (SSSR count). The van der Waals surface area contributed by atoms with Crippen LogP contribution in [0.1, 0.15) is 53.3 Å². The first-order chi connectivity index (χ1) is 13.1. The Balaban J connectivity index is 1.56. The maximum Gasteiger partial charge on any atom is 0.255 e. The molecule has 0 amide bonds. The molecule has 0 aliphatic carbocycles. The lowest BCUT2D eigenvalue weighted by Crippen LogP contribution is -2.36. The molecule has 0 unspecified atom stereocenters. The van der Waals surface area contributed by atoms with Gasteiger partial charge in [0.15, 0.2) is 5.82 Å². The van der Waals surface area contributed by atoms with E-state index in [4.69, 9.17) is 4.98 Å². The minimum atomic E-state index is -0.0459. The lowest BCUT2D eigenvalue weighted by atomic mass is 10.0. The third-order valence-electron chi connectivity index (χ3n) is 5.69. The number of hydrogen-bond acceptors (Lipinski definition) is 5. The topological polar surface area (TPSA) is 90.1 Å². The molecule has 140 valence electrons. The van der Waals surface area contributed by atoms with Gasteiger partial charge in [-0.15, -0.1) is 0 Å². The van der Waals surface area contributed by atoms with Gasteiger partial charge in [0.25, 0.3) is 5.56 Å². The predicted octanol–water partition coefficient (Wildman–Crippen LogP) is 1.82. The molecule has 27 heavy (non-hydrogen) atoms. The second-order valence-corrected chi connectivity index (χ2v) is 7.40. The second kappa shape index (κ2) is 7.12. The normalized spacial score (nSPS) is 17.3. The molecule has 0 saturated heterocycles. The van der Waals surface area contributed by atoms with Gasteiger partial charge in [-0.2, -0.15) is 5.26 Å². The van der Waals surface area contributed by atoms with Gasteiger partial charge >= 0.3 is 0 Å². The third-order valence-corrected chi connectivity index (χ3v) is 5.69. The molecule has 2 aromatic heterocycles. The average molecular weight is 364 g/mol. The molecule has 7 heteroatoms. The van der Waals surface area contributed by atoms with E-state index in [0.717, 1.165) is 73.5 Å². The highest BCUT2D eigenvalue weighted by Gasteiger charge is 2.23. The van der Waals surface area contributed by atoms with Crippen LogP contribution < -0.4 is 5.56 Å². The molecule has 0 atom stereocenters. The smallest absolute Gasteiger partial charge is 0.255 e. The van der Waals surface area contributed by atoms with Crippen LogP contribution in [0.4, 0.5) is 0 Å². The number of nitriles is 1. The Hall–Kier alpha value is -2.72. The van der Waals surface area contributed by atoms with Gasteiger partial charge in [0, 0.05) is 45.3 Å². The van der Waals surface area contributed by atoms with E-state index in [-0.39, 0.29) is 5.56 Å². The van der Waals surface area contributed by atoms with E-state index < -0.39 is 0 Å². The van der Waals surface area contributed by atoms with Crippen LogP contribution in [0.15, 0.2) is 15.9 Å². The number of aromatic nitrogens is 3. The van der Waals surface area contributed by atoms with Crippen molar-refractivity contribution in [1.29, 1.82) is 5.26 Å². The molecule has 0 bridgehead atoms. The average Bonchev–Trinajstić information content (AvgIpc) is 2.97. The Labute approximate surface area is 158 Å². The summed E-state index contributed by atoms with van der Waals surface area (Å²) < 4.78 is 1.92. The highest BCUT2D eigenvalue weighted by atomic mass is 16.1. The molecular formula is C20H24N6O. The van der Waals surface area contributed by atoms with Crippen LogP contribution in [0.3, 0.4) is 0 Å². The van der Waals surface area contributed by atoms with Gasteiger partial charge in [-0.05, 0) is 37.8 Å². The molecule has 2 aliphatic heterocycles. The van der Waals surface area contributed by atoms with Crippen molar-refractivity contribution < 1.29 is 0 Å². The number of fused-ring (bicyclic) bond motifs is 1. The van der Waals surface area contributed by atoms with Crippen molar-refractivity contribution in [3.05, 3.63) is 50.5 Å². The quantitative estimate of drug-likeness (QED) is 0.899. The van der Waals surface area contributed by atoms with Crippen molar-refractivity contribution in [2.24, 2.45) is 12.0 Å². The van der Waals surface area contributed by atoms with Crippen LogP contribution in [0.5, 0.6) is 0 Å². The van der Waals surface area contributed by atoms with E-state index >= 15 is 0 Å². The number of H-pyrrole nitrogens is 1. The summed E-state index contributed by atoms with van der Waals surface area (Å²) in [7, 11) is 1.91. The number of aliphatic imine (C=N–C) groups is 1. The second-order valence-electron chi connectivity index (χ2n) is 7.40. The fourth-order valence-corrected chi connectivity index (χ4v) is 3.91. The zero-order chi connectivity index (χ0) is 19.0. The molecule has 2 aromatic rings. The van der Waals surface area contributed by atoms with Gasteiger partial charge in [-0.25, -0.2) is 4.98 Å². The van der Waals surface area contributed by atoms with Crippen LogP contribution in [0, 0.1) is 18.3 Å². The first kappa shape index (κ1) is 17.7. The van der Waals surface area contributed by atoms with Crippen LogP contribution in [0.2, 0.25) is 0 Å². The summed E-state index contributed by atoms with van der Waals surface area (Å²) >= 11 is 0. The molecule has 0 aromatic carbocycles. The number of hydrogen-bond donors (Lipinski definition) is 1. The summed E-state index contributed by atoms with van der Waals surface area (Å²) in [5.41, 5.74) is 5.45. The van der Waals surface area contributed by atoms with Crippen LogP contribution >= 0.6 is 0 Å². The Morgan fingerprint density at radius 3 is 2.89 bits per heavy atom. The molecule has 0 radical (unpaired) electrons. The van der Waals surface area contributed by atoms with Gasteiger partial charge in [0.2, 0.25) is 0 Å². The van der Waals surface area contributed by atoms with E-state index in [1.54, 1.807) is 0 Å². The summed E-state index contributed by atoms with van der Waals surface area (Å²) in [6, 6.07) is 4.17. The minimum Gasteiger partial charge on any atom is -0.340 e. The fraction of sp³-hybridized carbons (Fsp3) is 0.500. The molecule has 0 fully saturated rings. The van der Waals surface area contributed by atoms with E-state index in [1.807, 2.05) is 24.6 Å². The summed E-state index contributed by atoms with van der Waals surface area (Å²) in [5, 5.41) is 9.21. The highest BCUT2D eigenvalue weighted by Crippen LogP contribution is 2.21. The van der Waals surface area contributed by atoms with Crippen molar-refractivity contribution in [2.75, 3.05) is 13.1 Å². The predicted molar refractivity (Wildman–Crippen MR) is 103 cm³/mol. The summed E-state index contributed by atoms with van der Waals surface area (Å²) in [6.45, 7) is 5.02. The number of nitrogens with zero attached hydrogens (tertiary/aromatic N) is 5. The van der Waals surface area contributed by atoms with Crippen molar-refractivity contribution in [3.8, 4) is 6.07 Å². The molecule has 4 heterocycles. The lowest BCUT2D eigenvalue weighted by Gasteiger charge is -2.28. The lowest BCUT2D eigenvalue weighted by molar-refractivity contribution is 0.241. The number of aromatic amines is 1. The summed E-state index contributed by atoms with van der Waals surface area (Å²) in [4.78, 5) is 27.1.